The molecule has 0 saturated heterocycles. The van der Waals surface area contributed by atoms with Gasteiger partial charge >= 0.3 is 11.9 Å². The van der Waals surface area contributed by atoms with Gasteiger partial charge in [0.05, 0.1) is 27.7 Å². The van der Waals surface area contributed by atoms with Gasteiger partial charge in [-0.2, -0.15) is 0 Å². The van der Waals surface area contributed by atoms with Crippen molar-refractivity contribution in [3.05, 3.63) is 48.6 Å². The lowest BCUT2D eigenvalue weighted by atomic mass is 10.1. The van der Waals surface area contributed by atoms with Gasteiger partial charge in [0.15, 0.2) is 11.9 Å². The average Bonchev–Trinajstić information content (AvgIpc) is 3.15. The molecule has 57 heavy (non-hydrogen) atoms. The highest BCUT2D eigenvalue weighted by atomic mass is 31.2. The lowest BCUT2D eigenvalue weighted by Gasteiger charge is -2.28. The van der Waals surface area contributed by atoms with E-state index in [2.05, 4.69) is 44.2 Å². The summed E-state index contributed by atoms with van der Waals surface area (Å²) in [5.74, 6) is -0.734. The molecule has 330 valence electrons. The number of esters is 2. The number of allylic oxidation sites excluding steroid dienone is 8. The normalized spacial score (nSPS) is 13.9. The second-order valence-electron chi connectivity index (χ2n) is 16.1. The van der Waals surface area contributed by atoms with E-state index in [1.54, 1.807) is 6.08 Å². The zero-order chi connectivity index (χ0) is 42.3. The highest BCUT2D eigenvalue weighted by Crippen LogP contribution is 2.38. The van der Waals surface area contributed by atoms with Crippen LogP contribution in [0.25, 0.3) is 0 Å². The van der Waals surface area contributed by atoms with Crippen LogP contribution in [-0.2, 0) is 37.5 Å². The molecule has 0 N–H and O–H groups in total. The molecule has 0 fully saturated rings. The Balaban J connectivity index is 4.43. The Morgan fingerprint density at radius 3 is 1.70 bits per heavy atom. The van der Waals surface area contributed by atoms with Gasteiger partial charge in [0, 0.05) is 19.3 Å². The molecule has 0 aromatic carbocycles. The van der Waals surface area contributed by atoms with Crippen molar-refractivity contribution in [2.45, 2.75) is 180 Å². The number of phosphoric acid groups is 1. The van der Waals surface area contributed by atoms with Gasteiger partial charge in [-0.3, -0.25) is 18.9 Å². The van der Waals surface area contributed by atoms with Crippen molar-refractivity contribution in [1.29, 1.82) is 0 Å². The van der Waals surface area contributed by atoms with Gasteiger partial charge in [-0.05, 0) is 70.3 Å². The average molecular weight is 824 g/mol. The molecule has 0 radical (unpaired) electrons. The van der Waals surface area contributed by atoms with Crippen molar-refractivity contribution in [3.8, 4) is 0 Å². The number of unbranched alkanes of at least 4 members (excludes halogenated alkanes) is 17. The Morgan fingerprint density at radius 1 is 0.596 bits per heavy atom. The molecule has 0 aromatic rings. The first kappa shape index (κ1) is 54.6. The molecule has 10 nitrogen and oxygen atoms in total. The molecule has 0 spiro atoms. The first-order valence-corrected chi connectivity index (χ1v) is 23.8. The van der Waals surface area contributed by atoms with Crippen LogP contribution in [-0.4, -0.2) is 75.8 Å². The SMILES string of the molecule is CCCCC/C=C\C/C=C\CCCCCCCCCC(=O)OC[C@H](COP(=O)([O-])OCC[N+](C)(C)C)OC(=O)CCCCCCC/C=C\C=C\C(=O)CCCCC. The van der Waals surface area contributed by atoms with Gasteiger partial charge < -0.3 is 27.9 Å². The lowest BCUT2D eigenvalue weighted by molar-refractivity contribution is -0.870. The Bertz CT molecular complexity index is 1170. The fourth-order valence-corrected chi connectivity index (χ4v) is 6.45. The van der Waals surface area contributed by atoms with Gasteiger partial charge in [-0.15, -0.1) is 0 Å². The third-order valence-electron chi connectivity index (χ3n) is 9.30. The zero-order valence-corrected chi connectivity index (χ0v) is 37.7. The summed E-state index contributed by atoms with van der Waals surface area (Å²) in [7, 11) is 1.10. The molecule has 0 aromatic heterocycles. The predicted molar refractivity (Wildman–Crippen MR) is 232 cm³/mol. The van der Waals surface area contributed by atoms with E-state index in [0.717, 1.165) is 83.5 Å². The minimum absolute atomic E-state index is 0.0496. The van der Waals surface area contributed by atoms with E-state index in [4.69, 9.17) is 18.5 Å². The smallest absolute Gasteiger partial charge is 0.306 e. The second-order valence-corrected chi connectivity index (χ2v) is 17.5. The van der Waals surface area contributed by atoms with Gasteiger partial charge in [0.25, 0.3) is 7.82 Å². The number of hydrogen-bond donors (Lipinski definition) is 0. The van der Waals surface area contributed by atoms with Gasteiger partial charge in [-0.1, -0.05) is 133 Å². The minimum atomic E-state index is -4.65. The number of quaternary nitrogens is 1. The van der Waals surface area contributed by atoms with Gasteiger partial charge in [-0.25, -0.2) is 0 Å². The van der Waals surface area contributed by atoms with E-state index >= 15 is 0 Å². The van der Waals surface area contributed by atoms with Crippen LogP contribution >= 0.6 is 7.82 Å². The van der Waals surface area contributed by atoms with Crippen LogP contribution in [0.2, 0.25) is 0 Å². The third-order valence-corrected chi connectivity index (χ3v) is 10.3. The third kappa shape index (κ3) is 41.6. The van der Waals surface area contributed by atoms with E-state index in [0.29, 0.717) is 30.3 Å². The van der Waals surface area contributed by atoms with Crippen LogP contribution < -0.4 is 4.89 Å². The number of carbonyl (C=O) groups excluding carboxylic acids is 3. The summed E-state index contributed by atoms with van der Waals surface area (Å²) < 4.78 is 33.8. The van der Waals surface area contributed by atoms with Crippen molar-refractivity contribution in [2.75, 3.05) is 47.5 Å². The number of ether oxygens (including phenoxy) is 2. The van der Waals surface area contributed by atoms with E-state index in [1.165, 1.54) is 44.9 Å². The number of phosphoric ester groups is 1. The van der Waals surface area contributed by atoms with Crippen molar-refractivity contribution in [3.63, 3.8) is 0 Å². The highest BCUT2D eigenvalue weighted by Gasteiger charge is 2.21. The summed E-state index contributed by atoms with van der Waals surface area (Å²) in [6, 6.07) is 0. The molecular weight excluding hydrogens is 741 g/mol. The van der Waals surface area contributed by atoms with E-state index in [-0.39, 0.29) is 31.8 Å². The first-order valence-electron chi connectivity index (χ1n) is 22.3. The maximum Gasteiger partial charge on any atom is 0.306 e. The fraction of sp³-hybridized carbons (Fsp3) is 0.761. The predicted octanol–water partition coefficient (Wildman–Crippen LogP) is 11.2. The Labute approximate surface area is 348 Å². The van der Waals surface area contributed by atoms with E-state index < -0.39 is 32.5 Å². The molecule has 0 aliphatic heterocycles. The highest BCUT2D eigenvalue weighted by molar-refractivity contribution is 7.45. The topological polar surface area (TPSA) is 128 Å². The molecule has 11 heteroatoms. The standard InChI is InChI=1S/C46H82NO9P/c1-6-8-10-11-12-13-14-15-16-17-18-19-20-23-26-29-33-37-45(49)53-41-44(42-55-57(51,52)54-40-39-47(3,4)5)56-46(50)38-34-30-27-24-21-22-25-28-32-36-43(48)35-31-9-7-2/h12-13,15-16,25,28,32,36,44H,6-11,14,17-24,26-27,29-31,33-35,37-42H2,1-5H3/b13-12-,16-15-,28-25-,36-32+/t44-/m1/s1. The Hall–Kier alpha value is -2.36. The number of nitrogens with zero attached hydrogens (tertiary/aromatic N) is 1. The van der Waals surface area contributed by atoms with Crippen LogP contribution in [0.5, 0.6) is 0 Å². The molecule has 0 rings (SSSR count). The Kier molecular flexibility index (Phi) is 36.3. The zero-order valence-electron chi connectivity index (χ0n) is 36.8. The van der Waals surface area contributed by atoms with Crippen molar-refractivity contribution in [2.24, 2.45) is 0 Å². The molecular formula is C46H82NO9P. The number of hydrogen-bond acceptors (Lipinski definition) is 9. The molecule has 0 heterocycles. The second kappa shape index (κ2) is 37.9. The molecule has 0 saturated carbocycles. The van der Waals surface area contributed by atoms with E-state index in [1.807, 2.05) is 33.3 Å². The van der Waals surface area contributed by atoms with Gasteiger partial charge in [0.2, 0.25) is 0 Å². The lowest BCUT2D eigenvalue weighted by Crippen LogP contribution is -2.37. The van der Waals surface area contributed by atoms with Crippen LogP contribution in [0.1, 0.15) is 174 Å². The molecule has 0 bridgehead atoms. The summed E-state index contributed by atoms with van der Waals surface area (Å²) in [6.45, 7) is 3.97. The minimum Gasteiger partial charge on any atom is -0.756 e. The molecule has 1 unspecified atom stereocenters. The quantitative estimate of drug-likeness (QED) is 0.0113. The maximum absolute atomic E-state index is 12.7. The van der Waals surface area contributed by atoms with Crippen LogP contribution in [0.15, 0.2) is 48.6 Å². The number of likely N-dealkylation sites (N-methyl/N-ethyl adjacent to an activating group) is 1. The first-order chi connectivity index (χ1) is 27.4. The summed E-state index contributed by atoms with van der Waals surface area (Å²) >= 11 is 0. The number of ketones is 1. The summed E-state index contributed by atoms with van der Waals surface area (Å²) in [5.41, 5.74) is 0. The fourth-order valence-electron chi connectivity index (χ4n) is 5.72. The number of rotatable bonds is 40. The largest absolute Gasteiger partial charge is 0.756 e. The van der Waals surface area contributed by atoms with Crippen molar-refractivity contribution < 1.29 is 46.8 Å². The van der Waals surface area contributed by atoms with Gasteiger partial charge in [0.1, 0.15) is 19.8 Å². The number of carbonyl (C=O) groups is 3. The van der Waals surface area contributed by atoms with Crippen molar-refractivity contribution in [1.82, 2.24) is 0 Å². The summed E-state index contributed by atoms with van der Waals surface area (Å²) in [4.78, 5) is 49.3. The Morgan fingerprint density at radius 2 is 1.11 bits per heavy atom. The van der Waals surface area contributed by atoms with Crippen LogP contribution in [0.4, 0.5) is 0 Å². The van der Waals surface area contributed by atoms with Crippen LogP contribution in [0, 0.1) is 0 Å². The monoisotopic (exact) mass is 824 g/mol. The maximum atomic E-state index is 12.7. The molecule has 2 atom stereocenters. The van der Waals surface area contributed by atoms with E-state index in [9.17, 15) is 23.8 Å². The molecule has 0 aliphatic rings. The summed E-state index contributed by atoms with van der Waals surface area (Å²) in [6.07, 6.45) is 39.7. The molecule has 0 aliphatic carbocycles. The summed E-state index contributed by atoms with van der Waals surface area (Å²) in [5, 5.41) is 0. The van der Waals surface area contributed by atoms with Crippen molar-refractivity contribution >= 4 is 25.5 Å². The molecule has 0 amide bonds. The van der Waals surface area contributed by atoms with Crippen LogP contribution in [0.3, 0.4) is 0 Å².